The van der Waals surface area contributed by atoms with Crippen molar-refractivity contribution in [1.82, 2.24) is 0 Å². The summed E-state index contributed by atoms with van der Waals surface area (Å²) >= 11 is 0. The summed E-state index contributed by atoms with van der Waals surface area (Å²) in [7, 11) is 0. The highest BCUT2D eigenvalue weighted by Gasteiger charge is 2.34. The second-order valence-electron chi connectivity index (χ2n) is 18.0. The lowest BCUT2D eigenvalue weighted by Crippen LogP contribution is -2.20. The van der Waals surface area contributed by atoms with Crippen LogP contribution in [0.25, 0.3) is 0 Å². The number of hydrogen-bond acceptors (Lipinski definition) is 8. The maximum absolute atomic E-state index is 12.8. The predicted octanol–water partition coefficient (Wildman–Crippen LogP) is 13.9. The molecule has 11 heteroatoms. The van der Waals surface area contributed by atoms with E-state index in [2.05, 4.69) is 65.8 Å². The number of alkyl halides is 3. The number of para-hydroxylation sites is 2. The van der Waals surface area contributed by atoms with Crippen molar-refractivity contribution in [2.75, 3.05) is 26.4 Å². The Kier molecular flexibility index (Phi) is 22.8. The molecular weight excluding hydrogens is 934 g/mol. The van der Waals surface area contributed by atoms with Gasteiger partial charge >= 0.3 is 6.18 Å². The molecule has 388 valence electrons. The zero-order valence-electron chi connectivity index (χ0n) is 43.3. The van der Waals surface area contributed by atoms with Crippen LogP contribution in [0.1, 0.15) is 85.4 Å². The van der Waals surface area contributed by atoms with Crippen LogP contribution in [0.5, 0.6) is 23.0 Å². The van der Waals surface area contributed by atoms with Crippen molar-refractivity contribution in [2.24, 2.45) is 22.9 Å². The molecule has 8 nitrogen and oxygen atoms in total. The van der Waals surface area contributed by atoms with Crippen LogP contribution in [0, 0.1) is 41.5 Å². The molecule has 0 heterocycles. The number of aryl methyl sites for hydroxylation is 5. The Labute approximate surface area is 436 Å². The lowest BCUT2D eigenvalue weighted by molar-refractivity contribution is -0.139. The predicted molar refractivity (Wildman–Crippen MR) is 295 cm³/mol. The summed E-state index contributed by atoms with van der Waals surface area (Å²) in [6.07, 6.45) is -4.44. The Balaban J connectivity index is 0.000000183. The third-order valence-electron chi connectivity index (χ3n) is 11.9. The van der Waals surface area contributed by atoms with Gasteiger partial charge < -0.3 is 41.9 Å². The van der Waals surface area contributed by atoms with E-state index in [1.807, 2.05) is 152 Å². The molecule has 0 aliphatic rings. The van der Waals surface area contributed by atoms with Crippen LogP contribution in [0.3, 0.4) is 0 Å². The van der Waals surface area contributed by atoms with E-state index in [1.54, 1.807) is 0 Å². The molecule has 0 aliphatic carbocycles. The van der Waals surface area contributed by atoms with Crippen molar-refractivity contribution < 1.29 is 32.1 Å². The average Bonchev–Trinajstić information content (AvgIpc) is 3.40. The van der Waals surface area contributed by atoms with Gasteiger partial charge in [0.25, 0.3) is 0 Å². The molecule has 0 saturated carbocycles. The monoisotopic (exact) mass is 1000 g/mol. The lowest BCUT2D eigenvalue weighted by atomic mass is 10.1. The first-order valence-electron chi connectivity index (χ1n) is 24.6. The van der Waals surface area contributed by atoms with Crippen LogP contribution >= 0.6 is 0 Å². The average molecular weight is 1010 g/mol. The summed E-state index contributed by atoms with van der Waals surface area (Å²) in [5.74, 6) is 2.55. The van der Waals surface area contributed by atoms with Crippen molar-refractivity contribution in [3.05, 3.63) is 261 Å². The molecule has 0 aliphatic heterocycles. The van der Waals surface area contributed by atoms with E-state index in [1.165, 1.54) is 40.5 Å². The Morgan fingerprint density at radius 2 is 0.703 bits per heavy atom. The molecule has 0 fully saturated rings. The Hall–Kier alpha value is -7.41. The zero-order valence-corrected chi connectivity index (χ0v) is 43.3. The quantitative estimate of drug-likeness (QED) is 0.0750. The third-order valence-corrected chi connectivity index (χ3v) is 11.9. The molecule has 0 saturated heterocycles. The van der Waals surface area contributed by atoms with Crippen molar-refractivity contribution in [3.8, 4) is 23.0 Å². The molecule has 0 spiro atoms. The van der Waals surface area contributed by atoms with Crippen molar-refractivity contribution >= 4 is 0 Å². The first kappa shape index (κ1) is 57.5. The van der Waals surface area contributed by atoms with Crippen LogP contribution in [-0.4, -0.2) is 26.4 Å². The maximum atomic E-state index is 12.8. The van der Waals surface area contributed by atoms with Gasteiger partial charge in [0, 0.05) is 0 Å². The number of halogens is 3. The fourth-order valence-electron chi connectivity index (χ4n) is 7.65. The smallest absolute Gasteiger partial charge is 0.419 e. The molecule has 8 aromatic carbocycles. The summed E-state index contributed by atoms with van der Waals surface area (Å²) < 4.78 is 61.0. The van der Waals surface area contributed by atoms with E-state index >= 15 is 0 Å². The molecule has 8 aromatic rings. The largest absolute Gasteiger partial charge is 0.492 e. The summed E-state index contributed by atoms with van der Waals surface area (Å²) in [5, 5.41) is 0. The van der Waals surface area contributed by atoms with Crippen LogP contribution < -0.4 is 41.9 Å². The lowest BCUT2D eigenvalue weighted by Gasteiger charge is -2.17. The van der Waals surface area contributed by atoms with Crippen LogP contribution in [0.4, 0.5) is 13.2 Å². The van der Waals surface area contributed by atoms with Crippen molar-refractivity contribution in [2.45, 2.75) is 71.9 Å². The standard InChI is InChI=1S/3C16H19NO.C15H14F3NO/c1-12-7-6-8-13(2)16(12)18-11-15(17)14-9-4-3-5-10-14;1-12-7-6-10-16(13(12)2)18-11-15(17)14-8-4-3-5-9-14;1-12-8-13(2)10-15(9-12)18-11-16(17)14-6-4-3-5-7-14;16-15(17,18)12-8-4-5-9-14(12)20-10-13(19)11-6-2-1-3-7-11/h2*3-10,15H,11,17H2,1-2H3;3-10,16H,11,17H2,1-2H3;1-9,13H,10,19H2. The zero-order chi connectivity index (χ0) is 53.5. The van der Waals surface area contributed by atoms with Gasteiger partial charge in [-0.2, -0.15) is 13.2 Å². The Morgan fingerprint density at radius 1 is 0.365 bits per heavy atom. The SMILES string of the molecule is Cc1cc(C)cc(OCC(N)c2ccccc2)c1.Cc1cccc(C)c1OCC(N)c1ccccc1.Cc1cccc(OCC(N)c2ccccc2)c1C.NC(COc1ccccc1C(F)(F)F)c1ccccc1. The Bertz CT molecular complexity index is 2830. The highest BCUT2D eigenvalue weighted by molar-refractivity contribution is 5.41. The molecule has 8 rings (SSSR count). The molecule has 0 radical (unpaired) electrons. The molecule has 4 atom stereocenters. The highest BCUT2D eigenvalue weighted by Crippen LogP contribution is 2.36. The summed E-state index contributed by atoms with van der Waals surface area (Å²) in [5.41, 5.74) is 34.7. The first-order chi connectivity index (χ1) is 35.5. The summed E-state index contributed by atoms with van der Waals surface area (Å²) in [6, 6.07) is 61.9. The van der Waals surface area contributed by atoms with Gasteiger partial charge in [0.2, 0.25) is 0 Å². The molecule has 0 aromatic heterocycles. The third kappa shape index (κ3) is 18.9. The second-order valence-corrected chi connectivity index (χ2v) is 18.0. The van der Waals surface area contributed by atoms with Crippen LogP contribution in [0.15, 0.2) is 200 Å². The normalized spacial score (nSPS) is 12.4. The van der Waals surface area contributed by atoms with Crippen LogP contribution in [0.2, 0.25) is 0 Å². The van der Waals surface area contributed by atoms with Gasteiger partial charge in [-0.15, -0.1) is 0 Å². The first-order valence-corrected chi connectivity index (χ1v) is 24.6. The fraction of sp³-hybridized carbons (Fsp3) is 0.238. The second kappa shape index (κ2) is 29.3. The van der Waals surface area contributed by atoms with E-state index in [4.69, 9.17) is 41.9 Å². The minimum absolute atomic E-state index is 0.0168. The fourth-order valence-corrected chi connectivity index (χ4v) is 7.65. The Morgan fingerprint density at radius 3 is 1.14 bits per heavy atom. The topological polar surface area (TPSA) is 141 Å². The number of nitrogens with two attached hydrogens (primary N) is 4. The van der Waals surface area contributed by atoms with E-state index in [9.17, 15) is 13.2 Å². The van der Waals surface area contributed by atoms with Crippen molar-refractivity contribution in [3.63, 3.8) is 0 Å². The summed E-state index contributed by atoms with van der Waals surface area (Å²) in [4.78, 5) is 0. The molecule has 74 heavy (non-hydrogen) atoms. The molecular formula is C63H71F3N4O4. The van der Waals surface area contributed by atoms with Crippen LogP contribution in [-0.2, 0) is 6.18 Å². The minimum Gasteiger partial charge on any atom is -0.492 e. The van der Waals surface area contributed by atoms with Gasteiger partial charge in [-0.3, -0.25) is 0 Å². The van der Waals surface area contributed by atoms with E-state index in [0.29, 0.717) is 19.8 Å². The maximum Gasteiger partial charge on any atom is 0.419 e. The number of benzene rings is 8. The number of hydrogen-bond donors (Lipinski definition) is 4. The molecule has 4 unspecified atom stereocenters. The van der Waals surface area contributed by atoms with Gasteiger partial charge in [-0.05, 0) is 128 Å². The van der Waals surface area contributed by atoms with Gasteiger partial charge in [0.15, 0.2) is 0 Å². The van der Waals surface area contributed by atoms with Crippen molar-refractivity contribution in [1.29, 1.82) is 0 Å². The minimum atomic E-state index is -4.44. The van der Waals surface area contributed by atoms with E-state index in [-0.39, 0.29) is 30.5 Å². The molecule has 0 bridgehead atoms. The van der Waals surface area contributed by atoms with Gasteiger partial charge in [-0.25, -0.2) is 0 Å². The number of ether oxygens (including phenoxy) is 4. The van der Waals surface area contributed by atoms with E-state index < -0.39 is 17.8 Å². The summed E-state index contributed by atoms with van der Waals surface area (Å²) in [6.45, 7) is 13.9. The van der Waals surface area contributed by atoms with E-state index in [0.717, 1.165) is 56.7 Å². The molecule has 8 N–H and O–H groups in total. The van der Waals surface area contributed by atoms with Gasteiger partial charge in [0.05, 0.1) is 29.7 Å². The number of rotatable bonds is 16. The van der Waals surface area contributed by atoms with Gasteiger partial charge in [-0.1, -0.05) is 170 Å². The highest BCUT2D eigenvalue weighted by atomic mass is 19.4. The molecule has 0 amide bonds. The van der Waals surface area contributed by atoms with Gasteiger partial charge in [0.1, 0.15) is 49.4 Å².